The quantitative estimate of drug-likeness (QED) is 0.745. The second kappa shape index (κ2) is 9.56. The monoisotopic (exact) mass is 406 g/mol. The molecule has 2 aromatic carbocycles. The Labute approximate surface area is 170 Å². The Morgan fingerprint density at radius 1 is 1.07 bits per heavy atom. The molecule has 2 aromatic rings. The van der Waals surface area contributed by atoms with Gasteiger partial charge in [-0.05, 0) is 54.8 Å². The Morgan fingerprint density at radius 2 is 1.63 bits per heavy atom. The zero-order chi connectivity index (χ0) is 19.2. The molecule has 0 aliphatic carbocycles. The summed E-state index contributed by atoms with van der Waals surface area (Å²) in [4.78, 5) is 13.7. The van der Waals surface area contributed by atoms with Crippen LogP contribution in [0.15, 0.2) is 48.5 Å². The van der Waals surface area contributed by atoms with Gasteiger partial charge in [-0.2, -0.15) is 0 Å². The molecule has 0 aromatic heterocycles. The van der Waals surface area contributed by atoms with Gasteiger partial charge in [-0.15, -0.1) is 0 Å². The third-order valence-electron chi connectivity index (χ3n) is 4.95. The molecule has 0 radical (unpaired) electrons. The molecule has 6 heteroatoms. The summed E-state index contributed by atoms with van der Waals surface area (Å²) in [5.41, 5.74) is 7.54. The van der Waals surface area contributed by atoms with Crippen LogP contribution in [-0.2, 0) is 9.53 Å². The first-order chi connectivity index (χ1) is 13.0. The highest BCUT2D eigenvalue weighted by molar-refractivity contribution is 6.30. The van der Waals surface area contributed by atoms with E-state index in [-0.39, 0.29) is 17.9 Å². The third kappa shape index (κ3) is 5.69. The number of amides is 1. The Hall–Kier alpha value is -1.59. The average molecular weight is 407 g/mol. The van der Waals surface area contributed by atoms with Crippen molar-refractivity contribution in [2.45, 2.75) is 18.9 Å². The molecular weight excluding hydrogens is 383 g/mol. The lowest BCUT2D eigenvalue weighted by molar-refractivity contribution is -0.123. The van der Waals surface area contributed by atoms with Gasteiger partial charge in [0.25, 0.3) is 0 Å². The first-order valence-electron chi connectivity index (χ1n) is 9.17. The summed E-state index contributed by atoms with van der Waals surface area (Å²) < 4.78 is 6.25. The van der Waals surface area contributed by atoms with Gasteiger partial charge in [0.15, 0.2) is 0 Å². The minimum atomic E-state index is -0.208. The van der Waals surface area contributed by atoms with Gasteiger partial charge in [0.2, 0.25) is 5.91 Å². The van der Waals surface area contributed by atoms with Crippen molar-refractivity contribution in [3.63, 3.8) is 0 Å². The smallest absolute Gasteiger partial charge is 0.221 e. The van der Waals surface area contributed by atoms with E-state index in [1.54, 1.807) is 0 Å². The van der Waals surface area contributed by atoms with Crippen molar-refractivity contribution in [1.82, 2.24) is 4.90 Å². The fourth-order valence-electron chi connectivity index (χ4n) is 3.45. The summed E-state index contributed by atoms with van der Waals surface area (Å²) in [6, 6.07) is 15.4. The summed E-state index contributed by atoms with van der Waals surface area (Å²) >= 11 is 12.1. The van der Waals surface area contributed by atoms with Crippen LogP contribution in [0.2, 0.25) is 10.0 Å². The average Bonchev–Trinajstić information content (AvgIpc) is 2.67. The minimum Gasteiger partial charge on any atom is -0.369 e. The van der Waals surface area contributed by atoms with Crippen LogP contribution >= 0.6 is 23.2 Å². The molecule has 1 aliphatic rings. The molecule has 1 fully saturated rings. The summed E-state index contributed by atoms with van der Waals surface area (Å²) in [7, 11) is 0. The normalized spacial score (nSPS) is 18.0. The molecule has 0 saturated carbocycles. The molecule has 1 amide bonds. The molecule has 2 N–H and O–H groups in total. The standard InChI is InChI=1S/C21H24Cl2N2O2/c22-18-7-3-15(4-8-18)20(16-5-9-19(23)10-6-16)27-13-12-25-11-1-2-17(14-25)21(24)26/h3-10,17,20H,1-2,11-14H2,(H2,24,26)/t17-/m1/s1. The number of carbonyl (C=O) groups excluding carboxylic acids is 1. The maximum absolute atomic E-state index is 11.4. The number of nitrogens with zero attached hydrogens (tertiary/aromatic N) is 1. The zero-order valence-corrected chi connectivity index (χ0v) is 16.6. The van der Waals surface area contributed by atoms with E-state index in [4.69, 9.17) is 33.7 Å². The molecule has 3 rings (SSSR count). The molecule has 0 unspecified atom stereocenters. The lowest BCUT2D eigenvalue weighted by Gasteiger charge is -2.31. The van der Waals surface area contributed by atoms with Crippen LogP contribution in [-0.4, -0.2) is 37.0 Å². The van der Waals surface area contributed by atoms with Crippen molar-refractivity contribution >= 4 is 29.1 Å². The number of halogens is 2. The van der Waals surface area contributed by atoms with Crippen LogP contribution in [0, 0.1) is 5.92 Å². The predicted molar refractivity (Wildman–Crippen MR) is 109 cm³/mol. The molecule has 1 atom stereocenters. The third-order valence-corrected chi connectivity index (χ3v) is 5.45. The van der Waals surface area contributed by atoms with Crippen molar-refractivity contribution in [2.24, 2.45) is 11.7 Å². The molecule has 1 heterocycles. The number of hydrogen-bond acceptors (Lipinski definition) is 3. The predicted octanol–water partition coefficient (Wildman–Crippen LogP) is 4.30. The molecule has 144 valence electrons. The number of ether oxygens (including phenoxy) is 1. The first-order valence-corrected chi connectivity index (χ1v) is 9.93. The van der Waals surface area contributed by atoms with Crippen LogP contribution in [0.25, 0.3) is 0 Å². The van der Waals surface area contributed by atoms with E-state index in [2.05, 4.69) is 4.90 Å². The summed E-state index contributed by atoms with van der Waals surface area (Å²) in [5, 5.41) is 1.39. The van der Waals surface area contributed by atoms with Crippen LogP contribution in [0.3, 0.4) is 0 Å². The Morgan fingerprint density at radius 3 is 2.15 bits per heavy atom. The number of benzene rings is 2. The van der Waals surface area contributed by atoms with Gasteiger partial charge < -0.3 is 15.4 Å². The highest BCUT2D eigenvalue weighted by atomic mass is 35.5. The van der Waals surface area contributed by atoms with Crippen molar-refractivity contribution in [3.8, 4) is 0 Å². The van der Waals surface area contributed by atoms with Gasteiger partial charge in [-0.3, -0.25) is 4.79 Å². The molecule has 1 saturated heterocycles. The SMILES string of the molecule is NC(=O)[C@@H]1CCCN(CCOC(c2ccc(Cl)cc2)c2ccc(Cl)cc2)C1. The lowest BCUT2D eigenvalue weighted by atomic mass is 9.97. The molecule has 1 aliphatic heterocycles. The number of hydrogen-bond donors (Lipinski definition) is 1. The first kappa shape index (κ1) is 20.2. The fourth-order valence-corrected chi connectivity index (χ4v) is 3.70. The number of likely N-dealkylation sites (tertiary alicyclic amines) is 1. The van der Waals surface area contributed by atoms with Crippen LogP contribution in [0.5, 0.6) is 0 Å². The minimum absolute atomic E-state index is 0.0536. The van der Waals surface area contributed by atoms with Crippen LogP contribution in [0.1, 0.15) is 30.1 Å². The number of carbonyl (C=O) groups is 1. The maximum atomic E-state index is 11.4. The van der Waals surface area contributed by atoms with E-state index in [0.717, 1.165) is 37.1 Å². The largest absolute Gasteiger partial charge is 0.369 e. The fraction of sp³-hybridized carbons (Fsp3) is 0.381. The number of nitrogens with two attached hydrogens (primary N) is 1. The molecular formula is C21H24Cl2N2O2. The van der Waals surface area contributed by atoms with Gasteiger partial charge in [0.05, 0.1) is 12.5 Å². The topological polar surface area (TPSA) is 55.6 Å². The number of piperidine rings is 1. The van der Waals surface area contributed by atoms with Gasteiger partial charge in [0.1, 0.15) is 6.10 Å². The number of rotatable bonds is 7. The van der Waals surface area contributed by atoms with E-state index in [0.29, 0.717) is 23.2 Å². The van der Waals surface area contributed by atoms with E-state index in [9.17, 15) is 4.79 Å². The van der Waals surface area contributed by atoms with E-state index in [1.807, 2.05) is 48.5 Å². The highest BCUT2D eigenvalue weighted by Gasteiger charge is 2.24. The van der Waals surface area contributed by atoms with Crippen molar-refractivity contribution in [3.05, 3.63) is 69.7 Å². The molecule has 0 bridgehead atoms. The van der Waals surface area contributed by atoms with Gasteiger partial charge in [-0.25, -0.2) is 0 Å². The number of primary amides is 1. The van der Waals surface area contributed by atoms with Crippen molar-refractivity contribution < 1.29 is 9.53 Å². The molecule has 27 heavy (non-hydrogen) atoms. The lowest BCUT2D eigenvalue weighted by Crippen LogP contribution is -2.42. The summed E-state index contributed by atoms with van der Waals surface area (Å²) in [5.74, 6) is -0.261. The molecule has 4 nitrogen and oxygen atoms in total. The second-order valence-corrected chi connectivity index (χ2v) is 7.77. The van der Waals surface area contributed by atoms with Gasteiger partial charge in [0, 0.05) is 23.1 Å². The van der Waals surface area contributed by atoms with E-state index < -0.39 is 0 Å². The van der Waals surface area contributed by atoms with E-state index in [1.165, 1.54) is 0 Å². The summed E-state index contributed by atoms with van der Waals surface area (Å²) in [6.07, 6.45) is 1.67. The maximum Gasteiger partial charge on any atom is 0.221 e. The van der Waals surface area contributed by atoms with Crippen molar-refractivity contribution in [2.75, 3.05) is 26.2 Å². The zero-order valence-electron chi connectivity index (χ0n) is 15.1. The summed E-state index contributed by atoms with van der Waals surface area (Å²) in [6.45, 7) is 3.01. The van der Waals surface area contributed by atoms with Gasteiger partial charge >= 0.3 is 0 Å². The van der Waals surface area contributed by atoms with E-state index >= 15 is 0 Å². The van der Waals surface area contributed by atoms with Gasteiger partial charge in [-0.1, -0.05) is 47.5 Å². The Bertz CT molecular complexity index is 704. The van der Waals surface area contributed by atoms with Crippen LogP contribution < -0.4 is 5.73 Å². The van der Waals surface area contributed by atoms with Crippen LogP contribution in [0.4, 0.5) is 0 Å². The Balaban J connectivity index is 1.65. The second-order valence-electron chi connectivity index (χ2n) is 6.90. The highest BCUT2D eigenvalue weighted by Crippen LogP contribution is 2.28. The molecule has 0 spiro atoms. The van der Waals surface area contributed by atoms with Crippen molar-refractivity contribution in [1.29, 1.82) is 0 Å². The Kier molecular flexibility index (Phi) is 7.13.